The number of aromatic hydroxyl groups is 1. The van der Waals surface area contributed by atoms with Crippen LogP contribution in [0.1, 0.15) is 85.1 Å². The number of piperidine rings is 1. The summed E-state index contributed by atoms with van der Waals surface area (Å²) in [6, 6.07) is 7.33. The van der Waals surface area contributed by atoms with Crippen LogP contribution in [0.3, 0.4) is 0 Å². The van der Waals surface area contributed by atoms with Gasteiger partial charge in [0.05, 0.1) is 39.6 Å². The van der Waals surface area contributed by atoms with Gasteiger partial charge in [-0.2, -0.15) is 0 Å². The molecule has 2 fully saturated rings. The van der Waals surface area contributed by atoms with Crippen LogP contribution < -0.4 is 34.3 Å². The van der Waals surface area contributed by atoms with Crippen LogP contribution in [0.15, 0.2) is 36.4 Å². The largest absolute Gasteiger partial charge is 0.502 e. The Labute approximate surface area is 286 Å². The number of aliphatic hydroxyl groups excluding tert-OH is 2. The van der Waals surface area contributed by atoms with Crippen molar-refractivity contribution in [1.29, 1.82) is 0 Å². The van der Waals surface area contributed by atoms with Crippen molar-refractivity contribution in [3.05, 3.63) is 64.2 Å². The zero-order valence-electron chi connectivity index (χ0n) is 28.4. The Bertz CT molecular complexity index is 1880. The third kappa shape index (κ3) is 4.36. The highest BCUT2D eigenvalue weighted by Gasteiger charge is 2.57. The van der Waals surface area contributed by atoms with Crippen molar-refractivity contribution in [1.82, 2.24) is 5.32 Å². The normalized spacial score (nSPS) is 31.4. The molecule has 5 N–H and O–H groups in total. The SMILES string of the molecule is COc1cc(C2COc3cc4c5c(c3C2O)CCc2c(OC)cc(OC36NC7(C)C=CC3CCCC6CC7)c(c2-5)C(O)N4)cc(OC)c1O. The minimum absolute atomic E-state index is 0.0919. The summed E-state index contributed by atoms with van der Waals surface area (Å²) in [5, 5.41) is 41.9. The second-order valence-electron chi connectivity index (χ2n) is 14.8. The second kappa shape index (κ2) is 10.9. The predicted molar refractivity (Wildman–Crippen MR) is 183 cm³/mol. The monoisotopic (exact) mass is 668 g/mol. The van der Waals surface area contributed by atoms with Gasteiger partial charge in [-0.05, 0) is 68.7 Å². The van der Waals surface area contributed by atoms with E-state index in [0.717, 1.165) is 70.5 Å². The van der Waals surface area contributed by atoms with Gasteiger partial charge in [0, 0.05) is 63.4 Å². The van der Waals surface area contributed by atoms with E-state index in [-0.39, 0.29) is 35.3 Å². The number of nitrogens with one attached hydrogen (secondary N) is 2. The predicted octanol–water partition coefficient (Wildman–Crippen LogP) is 6.01. The fraction of sp³-hybridized carbons (Fsp3) is 0.487. The Morgan fingerprint density at radius 2 is 1.61 bits per heavy atom. The summed E-state index contributed by atoms with van der Waals surface area (Å²) >= 11 is 0. The van der Waals surface area contributed by atoms with E-state index in [1.165, 1.54) is 20.6 Å². The van der Waals surface area contributed by atoms with E-state index in [1.807, 2.05) is 12.1 Å². The first-order chi connectivity index (χ1) is 23.7. The van der Waals surface area contributed by atoms with Gasteiger partial charge < -0.3 is 44.3 Å². The summed E-state index contributed by atoms with van der Waals surface area (Å²) in [5.41, 5.74) is 6.06. The highest BCUT2D eigenvalue weighted by Crippen LogP contribution is 2.59. The Morgan fingerprint density at radius 3 is 2.37 bits per heavy atom. The number of rotatable bonds is 6. The summed E-state index contributed by atoms with van der Waals surface area (Å²) in [6.07, 6.45) is 9.54. The standard InChI is InChI=1S/C39H44N2O8/c1-38-12-10-20-6-5-7-21(11-13-38)39(20,41-38)49-28-17-26(45-2)22-8-9-23-31-25(40-37(44)34(28)33(22)31)16-27-32(23)35(42)24(18-48-27)19-14-29(46-3)36(43)30(15-19)47-4/h10,12,14-17,20-21,24,35,37,40-44H,5-9,11,13,18H2,1-4H3. The molecule has 4 heterocycles. The van der Waals surface area contributed by atoms with Crippen molar-refractivity contribution in [2.24, 2.45) is 11.8 Å². The Balaban J connectivity index is 1.19. The Morgan fingerprint density at radius 1 is 0.857 bits per heavy atom. The minimum atomic E-state index is -1.02. The van der Waals surface area contributed by atoms with Crippen molar-refractivity contribution in [2.45, 2.75) is 81.4 Å². The fourth-order valence-electron chi connectivity index (χ4n) is 9.85. The van der Waals surface area contributed by atoms with Crippen molar-refractivity contribution in [3.8, 4) is 45.6 Å². The number of methoxy groups -OCH3 is 3. The maximum atomic E-state index is 12.1. The maximum absolute atomic E-state index is 12.1. The number of hydrogen-bond acceptors (Lipinski definition) is 10. The molecule has 0 radical (unpaired) electrons. The molecule has 4 aliphatic heterocycles. The van der Waals surface area contributed by atoms with Gasteiger partial charge in [-0.25, -0.2) is 0 Å². The quantitative estimate of drug-likeness (QED) is 0.199. The molecule has 49 heavy (non-hydrogen) atoms. The second-order valence-corrected chi connectivity index (χ2v) is 14.8. The molecular formula is C39H44N2O8. The molecule has 2 bridgehead atoms. The van der Waals surface area contributed by atoms with Crippen LogP contribution in [0.5, 0.6) is 34.5 Å². The van der Waals surface area contributed by atoms with Gasteiger partial charge in [-0.15, -0.1) is 0 Å². The maximum Gasteiger partial charge on any atom is 0.200 e. The highest BCUT2D eigenvalue weighted by atomic mass is 16.5. The van der Waals surface area contributed by atoms with Crippen LogP contribution in [-0.2, 0) is 12.8 Å². The number of ether oxygens (including phenoxy) is 5. The van der Waals surface area contributed by atoms with Crippen LogP contribution in [0, 0.1) is 11.8 Å². The lowest BCUT2D eigenvalue weighted by Gasteiger charge is -2.58. The number of phenolic OH excluding ortho intramolecular Hbond substituents is 1. The summed E-state index contributed by atoms with van der Waals surface area (Å²) < 4.78 is 30.6. The number of aliphatic hydroxyl groups is 2. The lowest BCUT2D eigenvalue weighted by Crippen LogP contribution is -2.72. The molecule has 9 rings (SSSR count). The molecule has 7 unspecified atom stereocenters. The van der Waals surface area contributed by atoms with Crippen molar-refractivity contribution in [2.75, 3.05) is 33.3 Å². The van der Waals surface area contributed by atoms with E-state index in [1.54, 1.807) is 19.2 Å². The molecule has 258 valence electrons. The van der Waals surface area contributed by atoms with Crippen LogP contribution >= 0.6 is 0 Å². The average Bonchev–Trinajstić information content (AvgIpc) is 3.10. The van der Waals surface area contributed by atoms with E-state index in [2.05, 4.69) is 29.7 Å². The third-order valence-corrected chi connectivity index (χ3v) is 12.2. The fourth-order valence-corrected chi connectivity index (χ4v) is 9.85. The number of fused-ring (bicyclic) bond motifs is 3. The lowest BCUT2D eigenvalue weighted by molar-refractivity contribution is -0.129. The first-order valence-electron chi connectivity index (χ1n) is 17.5. The summed E-state index contributed by atoms with van der Waals surface area (Å²) in [6.45, 7) is 2.46. The molecule has 2 aliphatic carbocycles. The van der Waals surface area contributed by atoms with Gasteiger partial charge in [0.2, 0.25) is 5.75 Å². The van der Waals surface area contributed by atoms with Gasteiger partial charge in [-0.1, -0.05) is 18.6 Å². The molecule has 10 nitrogen and oxygen atoms in total. The van der Waals surface area contributed by atoms with Crippen molar-refractivity contribution < 1.29 is 39.0 Å². The van der Waals surface area contributed by atoms with Crippen LogP contribution in [0.25, 0.3) is 11.1 Å². The zero-order chi connectivity index (χ0) is 33.8. The number of phenols is 1. The molecule has 1 saturated heterocycles. The Hall–Kier alpha value is -4.12. The van der Waals surface area contributed by atoms with Crippen molar-refractivity contribution in [3.63, 3.8) is 0 Å². The molecule has 0 amide bonds. The number of anilines is 1. The average molecular weight is 669 g/mol. The van der Waals surface area contributed by atoms with Crippen LogP contribution in [0.4, 0.5) is 5.69 Å². The molecule has 3 aromatic carbocycles. The lowest BCUT2D eigenvalue weighted by atomic mass is 9.63. The summed E-state index contributed by atoms with van der Waals surface area (Å²) in [4.78, 5) is 0. The number of hydrogen-bond donors (Lipinski definition) is 5. The summed E-state index contributed by atoms with van der Waals surface area (Å²) in [5.74, 6) is 2.51. The van der Waals surface area contributed by atoms with E-state index in [9.17, 15) is 15.3 Å². The van der Waals surface area contributed by atoms with Gasteiger partial charge in [0.25, 0.3) is 0 Å². The molecule has 10 heteroatoms. The first kappa shape index (κ1) is 30.9. The van der Waals surface area contributed by atoms with E-state index in [4.69, 9.17) is 23.7 Å². The molecule has 7 atom stereocenters. The Kier molecular flexibility index (Phi) is 6.90. The first-order valence-corrected chi connectivity index (χ1v) is 17.5. The molecule has 6 aliphatic rings. The molecule has 0 aromatic heterocycles. The van der Waals surface area contributed by atoms with Gasteiger partial charge in [-0.3, -0.25) is 5.32 Å². The number of benzene rings is 3. The molecule has 3 aromatic rings. The van der Waals surface area contributed by atoms with E-state index >= 15 is 0 Å². The zero-order valence-corrected chi connectivity index (χ0v) is 28.4. The van der Waals surface area contributed by atoms with Gasteiger partial charge in [0.15, 0.2) is 23.5 Å². The smallest absolute Gasteiger partial charge is 0.200 e. The molecule has 0 spiro atoms. The van der Waals surface area contributed by atoms with Crippen LogP contribution in [-0.4, -0.2) is 54.5 Å². The topological polar surface area (TPSA) is 131 Å². The summed E-state index contributed by atoms with van der Waals surface area (Å²) in [7, 11) is 4.66. The highest BCUT2D eigenvalue weighted by molar-refractivity contribution is 5.93. The van der Waals surface area contributed by atoms with E-state index < -0.39 is 24.0 Å². The van der Waals surface area contributed by atoms with Gasteiger partial charge in [0.1, 0.15) is 17.2 Å². The van der Waals surface area contributed by atoms with Crippen LogP contribution in [0.2, 0.25) is 0 Å². The van der Waals surface area contributed by atoms with E-state index in [0.29, 0.717) is 35.8 Å². The third-order valence-electron chi connectivity index (χ3n) is 12.2. The molecule has 1 saturated carbocycles. The van der Waals surface area contributed by atoms with Gasteiger partial charge >= 0.3 is 0 Å². The molecular weight excluding hydrogens is 624 g/mol. The van der Waals surface area contributed by atoms with Crippen molar-refractivity contribution >= 4 is 5.69 Å². The minimum Gasteiger partial charge on any atom is -0.502 e.